The second kappa shape index (κ2) is 9.13. The van der Waals surface area contributed by atoms with Crippen LogP contribution in [0.5, 0.6) is 0 Å². The Hall–Kier alpha value is -3.81. The summed E-state index contributed by atoms with van der Waals surface area (Å²) in [5.41, 5.74) is 8.04. The lowest BCUT2D eigenvalue weighted by molar-refractivity contribution is 1.28. The molecular weight excluding hydrogens is 410 g/mol. The van der Waals surface area contributed by atoms with Gasteiger partial charge in [-0.15, -0.1) is 0 Å². The van der Waals surface area contributed by atoms with E-state index in [4.69, 9.17) is 11.6 Å². The first-order valence-electron chi connectivity index (χ1n) is 10.7. The Morgan fingerprint density at radius 3 is 1.50 bits per heavy atom. The molecule has 0 unspecified atom stereocenters. The van der Waals surface area contributed by atoms with Gasteiger partial charge in [0.25, 0.3) is 0 Å². The maximum atomic E-state index is 6.21. The van der Waals surface area contributed by atoms with Gasteiger partial charge in [-0.1, -0.05) is 103 Å². The van der Waals surface area contributed by atoms with Crippen molar-refractivity contribution in [2.75, 3.05) is 4.90 Å². The number of para-hydroxylation sites is 1. The van der Waals surface area contributed by atoms with Crippen molar-refractivity contribution in [3.05, 3.63) is 138 Å². The van der Waals surface area contributed by atoms with Crippen LogP contribution in [0.1, 0.15) is 0 Å². The van der Waals surface area contributed by atoms with Crippen molar-refractivity contribution < 1.29 is 0 Å². The SMILES string of the molecule is Clc1ccc(N(c2ccc(-c3ccccc3)cc2)c2ccccc2-c2ccccc2)cc1. The fourth-order valence-electron chi connectivity index (χ4n) is 3.98. The highest BCUT2D eigenvalue weighted by Crippen LogP contribution is 2.41. The van der Waals surface area contributed by atoms with Gasteiger partial charge >= 0.3 is 0 Å². The Kier molecular flexibility index (Phi) is 5.74. The van der Waals surface area contributed by atoms with Crippen molar-refractivity contribution in [2.45, 2.75) is 0 Å². The average molecular weight is 432 g/mol. The Balaban J connectivity index is 1.64. The molecule has 1 nitrogen and oxygen atoms in total. The fourth-order valence-corrected chi connectivity index (χ4v) is 4.11. The van der Waals surface area contributed by atoms with Crippen molar-refractivity contribution in [3.63, 3.8) is 0 Å². The molecule has 0 saturated carbocycles. The first-order valence-corrected chi connectivity index (χ1v) is 11.0. The molecule has 5 aromatic rings. The van der Waals surface area contributed by atoms with E-state index in [0.29, 0.717) is 0 Å². The van der Waals surface area contributed by atoms with Crippen LogP contribution in [0.4, 0.5) is 17.1 Å². The standard InChI is InChI=1S/C30H22ClN/c31-26-17-21-28(22-18-26)32(27-19-15-24(16-20-27)23-9-3-1-4-10-23)30-14-8-7-13-29(30)25-11-5-2-6-12-25/h1-22H. The normalized spacial score (nSPS) is 10.7. The van der Waals surface area contributed by atoms with E-state index >= 15 is 0 Å². The molecule has 0 aliphatic rings. The maximum Gasteiger partial charge on any atom is 0.0540 e. The number of benzene rings is 5. The maximum absolute atomic E-state index is 6.21. The number of nitrogens with zero attached hydrogens (tertiary/aromatic N) is 1. The quantitative estimate of drug-likeness (QED) is 0.268. The van der Waals surface area contributed by atoms with Crippen LogP contribution >= 0.6 is 11.6 Å². The molecule has 0 aliphatic carbocycles. The van der Waals surface area contributed by atoms with Crippen LogP contribution in [-0.4, -0.2) is 0 Å². The first-order chi connectivity index (χ1) is 15.8. The van der Waals surface area contributed by atoms with E-state index in [2.05, 4.69) is 114 Å². The summed E-state index contributed by atoms with van der Waals surface area (Å²) in [6.07, 6.45) is 0. The van der Waals surface area contributed by atoms with Crippen LogP contribution in [0.15, 0.2) is 133 Å². The van der Waals surface area contributed by atoms with E-state index < -0.39 is 0 Å². The molecule has 5 aromatic carbocycles. The average Bonchev–Trinajstić information content (AvgIpc) is 2.87. The molecule has 0 saturated heterocycles. The fraction of sp³-hybridized carbons (Fsp3) is 0. The van der Waals surface area contributed by atoms with Gasteiger partial charge in [-0.25, -0.2) is 0 Å². The third kappa shape index (κ3) is 4.16. The Morgan fingerprint density at radius 2 is 0.875 bits per heavy atom. The van der Waals surface area contributed by atoms with E-state index in [1.54, 1.807) is 0 Å². The highest BCUT2D eigenvalue weighted by atomic mass is 35.5. The summed E-state index contributed by atoms with van der Waals surface area (Å²) in [4.78, 5) is 2.29. The molecule has 2 heteroatoms. The topological polar surface area (TPSA) is 3.24 Å². The summed E-state index contributed by atoms with van der Waals surface area (Å²) in [7, 11) is 0. The smallest absolute Gasteiger partial charge is 0.0540 e. The predicted octanol–water partition coefficient (Wildman–Crippen LogP) is 9.14. The van der Waals surface area contributed by atoms with Gasteiger partial charge < -0.3 is 4.90 Å². The van der Waals surface area contributed by atoms with Crippen LogP contribution in [0.25, 0.3) is 22.3 Å². The van der Waals surface area contributed by atoms with E-state index in [9.17, 15) is 0 Å². The third-order valence-electron chi connectivity index (χ3n) is 5.55. The number of halogens is 1. The number of hydrogen-bond donors (Lipinski definition) is 0. The zero-order chi connectivity index (χ0) is 21.8. The molecule has 0 bridgehead atoms. The molecule has 0 aliphatic heterocycles. The van der Waals surface area contributed by atoms with Crippen LogP contribution in [0, 0.1) is 0 Å². The number of anilines is 3. The zero-order valence-electron chi connectivity index (χ0n) is 17.5. The summed E-state index contributed by atoms with van der Waals surface area (Å²) in [6, 6.07) is 46.2. The molecule has 0 radical (unpaired) electrons. The third-order valence-corrected chi connectivity index (χ3v) is 5.80. The lowest BCUT2D eigenvalue weighted by atomic mass is 10.0. The molecule has 0 fully saturated rings. The minimum Gasteiger partial charge on any atom is -0.310 e. The molecule has 0 heterocycles. The second-order valence-corrected chi connectivity index (χ2v) is 8.04. The summed E-state index contributed by atoms with van der Waals surface area (Å²) in [5, 5.41) is 0.726. The van der Waals surface area contributed by atoms with Crippen molar-refractivity contribution in [1.29, 1.82) is 0 Å². The van der Waals surface area contributed by atoms with E-state index in [-0.39, 0.29) is 0 Å². The lowest BCUT2D eigenvalue weighted by Crippen LogP contribution is -2.11. The Morgan fingerprint density at radius 1 is 0.406 bits per heavy atom. The van der Waals surface area contributed by atoms with Gasteiger partial charge in [0.2, 0.25) is 0 Å². The van der Waals surface area contributed by atoms with Gasteiger partial charge in [-0.05, 0) is 59.2 Å². The molecule has 0 N–H and O–H groups in total. The molecule has 0 amide bonds. The number of hydrogen-bond acceptors (Lipinski definition) is 1. The minimum absolute atomic E-state index is 0.726. The van der Waals surface area contributed by atoms with Gasteiger partial charge in [0.15, 0.2) is 0 Å². The second-order valence-electron chi connectivity index (χ2n) is 7.61. The highest BCUT2D eigenvalue weighted by molar-refractivity contribution is 6.30. The monoisotopic (exact) mass is 431 g/mol. The zero-order valence-corrected chi connectivity index (χ0v) is 18.3. The molecule has 0 atom stereocenters. The minimum atomic E-state index is 0.726. The first kappa shape index (κ1) is 20.1. The summed E-state index contributed by atoms with van der Waals surface area (Å²) in [5.74, 6) is 0. The van der Waals surface area contributed by atoms with Crippen LogP contribution in [0.2, 0.25) is 5.02 Å². The Bertz CT molecular complexity index is 1290. The number of rotatable bonds is 5. The van der Waals surface area contributed by atoms with Crippen LogP contribution in [-0.2, 0) is 0 Å². The molecule has 154 valence electrons. The van der Waals surface area contributed by atoms with Crippen molar-refractivity contribution in [1.82, 2.24) is 0 Å². The van der Waals surface area contributed by atoms with Gasteiger partial charge in [-0.3, -0.25) is 0 Å². The molecule has 0 spiro atoms. The van der Waals surface area contributed by atoms with Crippen molar-refractivity contribution in [3.8, 4) is 22.3 Å². The van der Waals surface area contributed by atoms with E-state index in [1.807, 2.05) is 24.3 Å². The van der Waals surface area contributed by atoms with Gasteiger partial charge in [0, 0.05) is 22.0 Å². The molecular formula is C30H22ClN. The predicted molar refractivity (Wildman–Crippen MR) is 137 cm³/mol. The highest BCUT2D eigenvalue weighted by Gasteiger charge is 2.17. The van der Waals surface area contributed by atoms with Gasteiger partial charge in [0.1, 0.15) is 0 Å². The molecule has 5 rings (SSSR count). The van der Waals surface area contributed by atoms with E-state index in [1.165, 1.54) is 22.3 Å². The van der Waals surface area contributed by atoms with Crippen molar-refractivity contribution in [2.24, 2.45) is 0 Å². The van der Waals surface area contributed by atoms with E-state index in [0.717, 1.165) is 22.1 Å². The Labute approximate surface area is 194 Å². The summed E-state index contributed by atoms with van der Waals surface area (Å²) in [6.45, 7) is 0. The summed E-state index contributed by atoms with van der Waals surface area (Å²) < 4.78 is 0. The molecule has 0 aromatic heterocycles. The largest absolute Gasteiger partial charge is 0.310 e. The lowest BCUT2D eigenvalue weighted by Gasteiger charge is -2.28. The van der Waals surface area contributed by atoms with Gasteiger partial charge in [-0.2, -0.15) is 0 Å². The van der Waals surface area contributed by atoms with Crippen molar-refractivity contribution >= 4 is 28.7 Å². The van der Waals surface area contributed by atoms with Gasteiger partial charge in [0.05, 0.1) is 5.69 Å². The van der Waals surface area contributed by atoms with Crippen LogP contribution in [0.3, 0.4) is 0 Å². The van der Waals surface area contributed by atoms with Crippen LogP contribution < -0.4 is 4.90 Å². The summed E-state index contributed by atoms with van der Waals surface area (Å²) >= 11 is 6.21. The molecule has 32 heavy (non-hydrogen) atoms.